The van der Waals surface area contributed by atoms with Crippen molar-refractivity contribution in [1.82, 2.24) is 5.32 Å². The summed E-state index contributed by atoms with van der Waals surface area (Å²) in [5, 5.41) is 5.98. The number of hydrogen-bond donors (Lipinski definition) is 2. The second-order valence-electron chi connectivity index (χ2n) is 13.5. The quantitative estimate of drug-likeness (QED) is 0.126. The number of amides is 2. The van der Waals surface area contributed by atoms with Crippen LogP contribution >= 0.6 is 11.6 Å². The Morgan fingerprint density at radius 1 is 0.760 bits per heavy atom. The minimum atomic E-state index is -2.41. The lowest BCUT2D eigenvalue weighted by atomic mass is 10.0. The van der Waals surface area contributed by atoms with Gasteiger partial charge >= 0.3 is 12.2 Å². The van der Waals surface area contributed by atoms with Crippen molar-refractivity contribution in [2.75, 3.05) is 5.32 Å². The van der Waals surface area contributed by atoms with E-state index in [-0.39, 0.29) is 36.9 Å². The van der Waals surface area contributed by atoms with E-state index >= 15 is 0 Å². The van der Waals surface area contributed by atoms with E-state index in [0.717, 1.165) is 22.3 Å². The van der Waals surface area contributed by atoms with E-state index in [4.69, 9.17) is 25.5 Å². The molecule has 262 valence electrons. The molecule has 0 radical (unpaired) electrons. The third-order valence-corrected chi connectivity index (χ3v) is 13.1. The van der Waals surface area contributed by atoms with Crippen LogP contribution in [0.15, 0.2) is 121 Å². The van der Waals surface area contributed by atoms with Crippen molar-refractivity contribution in [2.45, 2.75) is 71.1 Å². The molecule has 0 saturated heterocycles. The van der Waals surface area contributed by atoms with Gasteiger partial charge in [0, 0.05) is 29.2 Å². The van der Waals surface area contributed by atoms with E-state index in [1.807, 2.05) is 72.8 Å². The number of ether oxygens (including phenoxy) is 2. The molecule has 0 saturated carbocycles. The van der Waals surface area contributed by atoms with E-state index in [1.165, 1.54) is 0 Å². The molecule has 0 heterocycles. The minimum Gasteiger partial charge on any atom is -0.444 e. The number of nitrogens with one attached hydrogen (secondary N) is 2. The van der Waals surface area contributed by atoms with Crippen LogP contribution in [-0.4, -0.2) is 26.3 Å². The number of carbonyl (C=O) groups excluding carboxylic acids is 3. The molecule has 4 aromatic carbocycles. The first kappa shape index (κ1) is 38.1. The lowest BCUT2D eigenvalue weighted by Gasteiger charge is -2.40. The molecule has 4 rings (SSSR count). The molecule has 0 spiro atoms. The van der Waals surface area contributed by atoms with Crippen molar-refractivity contribution < 1.29 is 28.3 Å². The Balaban J connectivity index is 1.49. The van der Waals surface area contributed by atoms with Crippen LogP contribution in [0.5, 0.6) is 0 Å². The fourth-order valence-electron chi connectivity index (χ4n) is 4.66. The van der Waals surface area contributed by atoms with Gasteiger partial charge in [0.1, 0.15) is 25.1 Å². The minimum absolute atomic E-state index is 0.0258. The molecule has 0 aliphatic rings. The fraction of sp³-hybridized carbons (Fsp3) is 0.275. The number of hydrogen-bond acceptors (Lipinski definition) is 6. The van der Waals surface area contributed by atoms with E-state index in [9.17, 15) is 14.4 Å². The number of rotatable bonds is 14. The van der Waals surface area contributed by atoms with Gasteiger partial charge in [-0.1, -0.05) is 123 Å². The lowest BCUT2D eigenvalue weighted by molar-refractivity contribution is -0.117. The second kappa shape index (κ2) is 17.8. The zero-order valence-electron chi connectivity index (χ0n) is 29.2. The number of carbonyl (C=O) groups is 3. The van der Waals surface area contributed by atoms with Crippen LogP contribution in [0.1, 0.15) is 55.5 Å². The molecule has 8 nitrogen and oxygen atoms in total. The van der Waals surface area contributed by atoms with Gasteiger partial charge in [-0.2, -0.15) is 0 Å². The van der Waals surface area contributed by atoms with Crippen LogP contribution in [0.4, 0.5) is 15.3 Å². The largest absolute Gasteiger partial charge is 0.444 e. The van der Waals surface area contributed by atoms with Crippen LogP contribution in [0.3, 0.4) is 0 Å². The predicted octanol–water partition coefficient (Wildman–Crippen LogP) is 10.2. The zero-order valence-corrected chi connectivity index (χ0v) is 31.0. The fourth-order valence-corrected chi connectivity index (χ4v) is 6.06. The molecular formula is C40H45ClN2O6Si. The maximum absolute atomic E-state index is 13.3. The summed E-state index contributed by atoms with van der Waals surface area (Å²) in [6.45, 7) is 10.9. The molecule has 0 aliphatic heterocycles. The summed E-state index contributed by atoms with van der Waals surface area (Å²) < 4.78 is 17.7. The first-order valence-electron chi connectivity index (χ1n) is 16.5. The number of allylic oxidation sites excluding steroid dienone is 1. The topological polar surface area (TPSA) is 103 Å². The van der Waals surface area contributed by atoms with Gasteiger partial charge in [0.2, 0.25) is 0 Å². The van der Waals surface area contributed by atoms with Crippen LogP contribution in [0, 0.1) is 0 Å². The molecule has 4 aromatic rings. The number of anilines is 1. The maximum Gasteiger partial charge on any atom is 0.411 e. The van der Waals surface area contributed by atoms with Crippen LogP contribution < -0.4 is 10.6 Å². The van der Waals surface area contributed by atoms with Crippen LogP contribution in [0.25, 0.3) is 0 Å². The molecule has 0 bridgehead atoms. The molecule has 50 heavy (non-hydrogen) atoms. The molecule has 0 fully saturated rings. The average molecular weight is 713 g/mol. The van der Waals surface area contributed by atoms with Gasteiger partial charge in [0.25, 0.3) is 0 Å². The van der Waals surface area contributed by atoms with Gasteiger partial charge in [-0.15, -0.1) is 0 Å². The van der Waals surface area contributed by atoms with Crippen LogP contribution in [-0.2, 0) is 38.3 Å². The van der Waals surface area contributed by atoms with Gasteiger partial charge < -0.3 is 13.9 Å². The number of Topliss-reactive ketones (excluding diaryl/α,β-unsaturated/α-hetero) is 1. The summed E-state index contributed by atoms with van der Waals surface area (Å²) in [6.07, 6.45) is -0.0743. The second-order valence-corrected chi connectivity index (χ2v) is 18.7. The Hall–Kier alpha value is -4.70. The van der Waals surface area contributed by atoms with Crippen molar-refractivity contribution in [3.8, 4) is 0 Å². The van der Waals surface area contributed by atoms with Gasteiger partial charge in [-0.05, 0) is 64.7 Å². The van der Waals surface area contributed by atoms with Crippen molar-refractivity contribution in [3.63, 3.8) is 0 Å². The maximum atomic E-state index is 13.3. The SMILES string of the molecule is CC(C)(C)[Si](C)(C)O[C@@H](C(=CCC(=O)Cc1ccc(NC(=O)OCc2ccccc2)cc1)NC(=O)OCc1ccccc1)c1cccc(Cl)c1. The summed E-state index contributed by atoms with van der Waals surface area (Å²) in [4.78, 5) is 38.8. The van der Waals surface area contributed by atoms with Crippen molar-refractivity contribution >= 4 is 43.6 Å². The Kier molecular flexibility index (Phi) is 13.6. The number of ketones is 1. The summed E-state index contributed by atoms with van der Waals surface area (Å²) in [7, 11) is -2.41. The summed E-state index contributed by atoms with van der Waals surface area (Å²) in [6, 6.07) is 33.1. The van der Waals surface area contributed by atoms with E-state index < -0.39 is 26.6 Å². The molecule has 0 unspecified atom stereocenters. The predicted molar refractivity (Wildman–Crippen MR) is 200 cm³/mol. The highest BCUT2D eigenvalue weighted by Crippen LogP contribution is 2.41. The summed E-state index contributed by atoms with van der Waals surface area (Å²) >= 11 is 6.42. The van der Waals surface area contributed by atoms with Gasteiger partial charge in [-0.25, -0.2) is 9.59 Å². The van der Waals surface area contributed by atoms with Crippen molar-refractivity contribution in [1.29, 1.82) is 0 Å². The normalized spacial score (nSPS) is 12.5. The first-order valence-corrected chi connectivity index (χ1v) is 19.8. The summed E-state index contributed by atoms with van der Waals surface area (Å²) in [5.74, 6) is -0.0814. The average Bonchev–Trinajstić information content (AvgIpc) is 3.08. The highest BCUT2D eigenvalue weighted by Gasteiger charge is 2.40. The zero-order chi connectivity index (χ0) is 36.1. The van der Waals surface area contributed by atoms with E-state index in [0.29, 0.717) is 16.4 Å². The number of halogens is 1. The Bertz CT molecular complexity index is 1760. The number of alkyl carbamates (subject to hydrolysis) is 1. The monoisotopic (exact) mass is 712 g/mol. The molecule has 0 aromatic heterocycles. The highest BCUT2D eigenvalue weighted by atomic mass is 35.5. The molecule has 1 atom stereocenters. The van der Waals surface area contributed by atoms with Gasteiger partial charge in [0.15, 0.2) is 8.32 Å². The van der Waals surface area contributed by atoms with E-state index in [1.54, 1.807) is 42.5 Å². The first-order chi connectivity index (χ1) is 23.8. The third kappa shape index (κ3) is 12.0. The Morgan fingerprint density at radius 3 is 1.90 bits per heavy atom. The molecule has 2 amide bonds. The molecule has 10 heteroatoms. The van der Waals surface area contributed by atoms with Crippen LogP contribution in [0.2, 0.25) is 23.2 Å². The molecule has 2 N–H and O–H groups in total. The summed E-state index contributed by atoms with van der Waals surface area (Å²) in [5.41, 5.74) is 4.20. The van der Waals surface area contributed by atoms with Gasteiger partial charge in [-0.3, -0.25) is 15.4 Å². The highest BCUT2D eigenvalue weighted by molar-refractivity contribution is 6.74. The Morgan fingerprint density at radius 2 is 1.34 bits per heavy atom. The van der Waals surface area contributed by atoms with Crippen molar-refractivity contribution in [3.05, 3.63) is 148 Å². The van der Waals surface area contributed by atoms with Crippen molar-refractivity contribution in [2.24, 2.45) is 0 Å². The molecule has 0 aliphatic carbocycles. The number of benzene rings is 4. The standard InChI is InChI=1S/C40H45ClN2O6Si/c1-40(2,3)50(4,5)49-37(32-17-12-18-33(41)26-32)36(43-39(46)48-28-31-15-10-7-11-16-31)24-23-35(44)25-29-19-21-34(22-20-29)42-38(45)47-27-30-13-8-6-9-14-30/h6-22,24,26,37H,23,25,27-28H2,1-5H3,(H,42,45)(H,43,46)/t37-/m1/s1. The van der Waals surface area contributed by atoms with E-state index in [2.05, 4.69) is 44.5 Å². The van der Waals surface area contributed by atoms with Gasteiger partial charge in [0.05, 0.1) is 0 Å². The molecular weight excluding hydrogens is 668 g/mol. The third-order valence-electron chi connectivity index (χ3n) is 8.48. The smallest absolute Gasteiger partial charge is 0.411 e. The Labute approximate surface area is 300 Å². The lowest BCUT2D eigenvalue weighted by Crippen LogP contribution is -2.43.